The number of piperazine rings is 1. The Balaban J connectivity index is 0.961. The van der Waals surface area contributed by atoms with Gasteiger partial charge in [-0.3, -0.25) is 38.9 Å². The molecule has 326 valence electrons. The van der Waals surface area contributed by atoms with Crippen LogP contribution in [-0.4, -0.2) is 116 Å². The molecule has 0 bridgehead atoms. The molecule has 4 aliphatic rings. The van der Waals surface area contributed by atoms with Gasteiger partial charge < -0.3 is 34.2 Å². The molecule has 4 aliphatic heterocycles. The Kier molecular flexibility index (Phi) is 9.84. The molecule has 1 aromatic heterocycles. The van der Waals surface area contributed by atoms with E-state index in [0.29, 0.717) is 65.0 Å². The van der Waals surface area contributed by atoms with E-state index in [0.717, 1.165) is 5.69 Å². The minimum Gasteiger partial charge on any atom is -0.494 e. The normalized spacial score (nSPS) is 24.0. The Morgan fingerprint density at radius 1 is 0.903 bits per heavy atom. The molecule has 0 spiro atoms. The fraction of sp³-hybridized carbons (Fsp3) is 0.381. The summed E-state index contributed by atoms with van der Waals surface area (Å²) in [6, 6.07) is 11.8. The Morgan fingerprint density at radius 2 is 1.61 bits per heavy atom. The molecule has 3 fully saturated rings. The van der Waals surface area contributed by atoms with Gasteiger partial charge in [-0.25, -0.2) is 9.37 Å². The summed E-state index contributed by atoms with van der Waals surface area (Å²) >= 11 is 6.45. The summed E-state index contributed by atoms with van der Waals surface area (Å²) in [7, 11) is 0.360. The number of carbonyl (C=O) groups is 4. The van der Waals surface area contributed by atoms with Crippen molar-refractivity contribution in [3.8, 4) is 5.75 Å². The lowest BCUT2D eigenvalue weighted by Gasteiger charge is -2.40. The Bertz CT molecular complexity index is 2810. The number of nitrogens with zero attached hydrogens (tertiary/aromatic N) is 6. The second kappa shape index (κ2) is 18.0. The van der Waals surface area contributed by atoms with Crippen LogP contribution in [0.2, 0.25) is 5.02 Å². The van der Waals surface area contributed by atoms with Crippen LogP contribution >= 0.6 is 19.2 Å². The molecule has 62 heavy (non-hydrogen) atoms. The number of imide groups is 2. The van der Waals surface area contributed by atoms with Crippen molar-refractivity contribution in [2.45, 2.75) is 31.7 Å². The molecule has 3 aromatic carbocycles. The van der Waals surface area contributed by atoms with Crippen LogP contribution in [0.3, 0.4) is 0 Å². The largest absolute Gasteiger partial charge is 0.494 e. The molecule has 4 amide bonds. The van der Waals surface area contributed by atoms with Crippen molar-refractivity contribution in [2.75, 3.05) is 87.4 Å². The number of halogens is 2. The lowest BCUT2D eigenvalue weighted by atomic mass is 9.95. The number of aromatic nitrogens is 2. The maximum absolute atomic E-state index is 16.1. The third-order valence-corrected chi connectivity index (χ3v) is 13.1. The van der Waals surface area contributed by atoms with Crippen LogP contribution in [0, 0.1) is 11.7 Å². The van der Waals surface area contributed by atoms with Gasteiger partial charge in [-0.15, -0.1) is 0 Å². The number of para-hydroxylation sites is 1. The van der Waals surface area contributed by atoms with E-state index in [1.807, 2.05) is 16.3 Å². The first-order valence-corrected chi connectivity index (χ1v) is 21.3. The highest BCUT2D eigenvalue weighted by Crippen LogP contribution is 2.47. The molecule has 1 unspecified atom stereocenters. The number of rotatable bonds is 13. The molecule has 5 heterocycles. The van der Waals surface area contributed by atoms with Crippen molar-refractivity contribution in [1.29, 1.82) is 0 Å². The number of piperidine rings is 2. The van der Waals surface area contributed by atoms with Crippen molar-refractivity contribution in [2.24, 2.45) is 5.92 Å². The fourth-order valence-electron chi connectivity index (χ4n) is 7.60. The summed E-state index contributed by atoms with van der Waals surface area (Å²) in [5.41, 5.74) is -0.501. The number of benzene rings is 3. The van der Waals surface area contributed by atoms with Crippen molar-refractivity contribution in [3.05, 3.63) is 82.8 Å². The summed E-state index contributed by atoms with van der Waals surface area (Å²) < 4.78 is 118. The Morgan fingerprint density at radius 3 is 2.31 bits per heavy atom. The van der Waals surface area contributed by atoms with E-state index in [2.05, 4.69) is 20.6 Å². The number of carbonyl (C=O) groups excluding carboxylic acids is 4. The van der Waals surface area contributed by atoms with Crippen LogP contribution in [0.5, 0.6) is 5.75 Å². The molecular formula is C42H46ClFN9O8P. The lowest BCUT2D eigenvalue weighted by molar-refractivity contribution is -0.136. The first-order valence-electron chi connectivity index (χ1n) is 23.4. The van der Waals surface area contributed by atoms with Crippen LogP contribution in [-0.2, 0) is 23.2 Å². The molecule has 8 rings (SSSR count). The summed E-state index contributed by atoms with van der Waals surface area (Å²) in [5, 5.41) is 8.65. The number of fused-ring (bicyclic) bond motifs is 1. The number of hydrogen-bond donors (Lipinski definition) is 3. The molecule has 0 aliphatic carbocycles. The highest BCUT2D eigenvalue weighted by atomic mass is 35.5. The predicted molar refractivity (Wildman–Crippen MR) is 231 cm³/mol. The molecule has 3 saturated heterocycles. The van der Waals surface area contributed by atoms with Crippen molar-refractivity contribution in [3.63, 3.8) is 0 Å². The van der Waals surface area contributed by atoms with Crippen LogP contribution in [0.4, 0.5) is 38.9 Å². The number of methoxy groups -OCH3 is 1. The third kappa shape index (κ3) is 8.57. The number of anilines is 6. The van der Waals surface area contributed by atoms with Crippen molar-refractivity contribution < 1.29 is 52.9 Å². The van der Waals surface area contributed by atoms with Crippen molar-refractivity contribution in [1.82, 2.24) is 25.1 Å². The topological polar surface area (TPSA) is 188 Å². The Labute approximate surface area is 373 Å². The minimum atomic E-state index is -3.66. The van der Waals surface area contributed by atoms with Crippen LogP contribution < -0.4 is 35.8 Å². The van der Waals surface area contributed by atoms with E-state index in [4.69, 9.17) is 36.4 Å². The number of hydrogen-bond acceptors (Lipinski definition) is 15. The smallest absolute Gasteiger partial charge is 0.362 e. The average molecular weight is 898 g/mol. The molecule has 17 nitrogen and oxygen atoms in total. The van der Waals surface area contributed by atoms with Crippen LogP contribution in [0.15, 0.2) is 60.8 Å². The standard InChI is InChI=1S/C42H46ClFN9O8P/c1-59-35-20-26(8-9-31(35)47-42-45-23-29(43)38(49-42)46-32-6-4-5-7-36(32)62(58,60-2)61-3)51-14-12-25(13-15-51)24-50-16-18-52(19-17-50)34-22-28-27(21-30(34)44)40(56)53(41(28)57)33-10-11-37(54)48-39(33)55/h4-9,20-23,25,33H,10-19,24H2,1-3H3,(H,48,54,55)(H2,45,46,47,49)/i16D2,17D2,18D2,19D2. The summed E-state index contributed by atoms with van der Waals surface area (Å²) in [6.07, 6.45) is 1.67. The third-order valence-electron chi connectivity index (χ3n) is 10.9. The van der Waals surface area contributed by atoms with E-state index in [1.54, 1.807) is 36.4 Å². The van der Waals surface area contributed by atoms with E-state index in [9.17, 15) is 23.7 Å². The molecule has 1 atom stereocenters. The molecule has 3 N–H and O–H groups in total. The van der Waals surface area contributed by atoms with Gasteiger partial charge in [-0.2, -0.15) is 4.98 Å². The highest BCUT2D eigenvalue weighted by molar-refractivity contribution is 7.62. The quantitative estimate of drug-likeness (QED) is 0.116. The highest BCUT2D eigenvalue weighted by Gasteiger charge is 2.45. The first-order chi connectivity index (χ1) is 32.9. The Hall–Kier alpha value is -5.65. The molecular weight excluding hydrogens is 844 g/mol. The number of amides is 4. The monoisotopic (exact) mass is 897 g/mol. The average Bonchev–Trinajstić information content (AvgIpc) is 3.55. The molecule has 20 heteroatoms. The maximum atomic E-state index is 16.1. The SMILES string of the molecule is [2H]C1([2H])N(CC2CCN(c3ccc(Nc4ncc(Cl)c(Nc5ccccc5P(=O)(OC)OC)n4)c(OC)c3)CC2)C([2H])([2H])C([2H])([2H])N(c2cc3c(cc2F)C(=O)N(C2CCC(=O)NC2=O)C3=O)C1([2H])[2H]. The van der Waals surface area contributed by atoms with Gasteiger partial charge in [0, 0.05) is 83.5 Å². The number of nitrogens with one attached hydrogen (secondary N) is 3. The van der Waals surface area contributed by atoms with Gasteiger partial charge in [0.05, 0.1) is 52.3 Å². The minimum absolute atomic E-state index is 0.00642. The number of ether oxygens (including phenoxy) is 1. The second-order valence-electron chi connectivity index (χ2n) is 14.5. The van der Waals surface area contributed by atoms with Crippen LogP contribution in [0.1, 0.15) is 57.4 Å². The zero-order valence-corrected chi connectivity index (χ0v) is 35.2. The fourth-order valence-corrected chi connectivity index (χ4v) is 8.98. The van der Waals surface area contributed by atoms with Gasteiger partial charge in [0.2, 0.25) is 17.8 Å². The zero-order chi connectivity index (χ0) is 50.9. The maximum Gasteiger partial charge on any atom is 0.362 e. The summed E-state index contributed by atoms with van der Waals surface area (Å²) in [4.78, 5) is 63.1. The van der Waals surface area contributed by atoms with Gasteiger partial charge >= 0.3 is 7.60 Å². The molecule has 4 aromatic rings. The van der Waals surface area contributed by atoms with E-state index >= 15 is 4.39 Å². The van der Waals surface area contributed by atoms with Crippen LogP contribution in [0.25, 0.3) is 0 Å². The van der Waals surface area contributed by atoms with Gasteiger partial charge in [-0.1, -0.05) is 23.7 Å². The molecule has 0 radical (unpaired) electrons. The van der Waals surface area contributed by atoms with Gasteiger partial charge in [0.1, 0.15) is 22.6 Å². The zero-order valence-electron chi connectivity index (χ0n) is 41.5. The van der Waals surface area contributed by atoms with Crippen molar-refractivity contribution >= 4 is 82.6 Å². The van der Waals surface area contributed by atoms with E-state index in [1.165, 1.54) is 27.5 Å². The second-order valence-corrected chi connectivity index (χ2v) is 17.1. The van der Waals surface area contributed by atoms with E-state index in [-0.39, 0.29) is 39.8 Å². The van der Waals surface area contributed by atoms with Gasteiger partial charge in [-0.05, 0) is 61.6 Å². The summed E-state index contributed by atoms with van der Waals surface area (Å²) in [6.45, 7) is -13.3. The molecule has 0 saturated carbocycles. The van der Waals surface area contributed by atoms with Gasteiger partial charge in [0.25, 0.3) is 11.8 Å². The lowest BCUT2D eigenvalue weighted by Crippen LogP contribution is -2.54. The predicted octanol–water partition coefficient (Wildman–Crippen LogP) is 5.32. The summed E-state index contributed by atoms with van der Waals surface area (Å²) in [5.74, 6) is -4.94. The van der Waals surface area contributed by atoms with Gasteiger partial charge in [0.15, 0.2) is 5.82 Å². The first kappa shape index (κ1) is 33.9. The van der Waals surface area contributed by atoms with E-state index < -0.39 is 98.3 Å².